The molecule has 0 aromatic carbocycles. The fourth-order valence-corrected chi connectivity index (χ4v) is 3.98. The SMILES string of the molecule is Cc1cccnc1CNS(=O)(=O)c1ccsc1CN. The predicted molar refractivity (Wildman–Crippen MR) is 75.2 cm³/mol. The lowest BCUT2D eigenvalue weighted by Crippen LogP contribution is -2.24. The molecule has 2 heterocycles. The van der Waals surface area contributed by atoms with E-state index >= 15 is 0 Å². The number of nitrogens with zero attached hydrogens (tertiary/aromatic N) is 1. The molecule has 0 amide bonds. The van der Waals surface area contributed by atoms with Crippen LogP contribution >= 0.6 is 11.3 Å². The van der Waals surface area contributed by atoms with Crippen LogP contribution in [0.25, 0.3) is 0 Å². The highest BCUT2D eigenvalue weighted by Gasteiger charge is 2.19. The molecule has 3 N–H and O–H groups in total. The molecule has 0 aliphatic rings. The summed E-state index contributed by atoms with van der Waals surface area (Å²) in [6, 6.07) is 5.28. The van der Waals surface area contributed by atoms with Gasteiger partial charge in [0.25, 0.3) is 0 Å². The molecule has 0 saturated heterocycles. The molecule has 2 aromatic rings. The molecule has 2 aromatic heterocycles. The van der Waals surface area contributed by atoms with Crippen LogP contribution in [0, 0.1) is 6.92 Å². The van der Waals surface area contributed by atoms with E-state index in [1.807, 2.05) is 19.1 Å². The van der Waals surface area contributed by atoms with Crippen LogP contribution in [0.3, 0.4) is 0 Å². The van der Waals surface area contributed by atoms with Crippen molar-refractivity contribution in [3.8, 4) is 0 Å². The number of hydrogen-bond acceptors (Lipinski definition) is 5. The number of aryl methyl sites for hydroxylation is 1. The summed E-state index contributed by atoms with van der Waals surface area (Å²) in [6.07, 6.45) is 1.65. The van der Waals surface area contributed by atoms with Crippen molar-refractivity contribution in [2.45, 2.75) is 24.9 Å². The summed E-state index contributed by atoms with van der Waals surface area (Å²) in [5, 5.41) is 1.72. The van der Waals surface area contributed by atoms with Gasteiger partial charge in [-0.25, -0.2) is 13.1 Å². The van der Waals surface area contributed by atoms with Gasteiger partial charge in [-0.2, -0.15) is 0 Å². The number of sulfonamides is 1. The summed E-state index contributed by atoms with van der Waals surface area (Å²) >= 11 is 1.34. The number of nitrogens with one attached hydrogen (secondary N) is 1. The molecule has 0 unspecified atom stereocenters. The van der Waals surface area contributed by atoms with Crippen molar-refractivity contribution in [1.82, 2.24) is 9.71 Å². The number of rotatable bonds is 5. The Hall–Kier alpha value is -1.28. The third-order valence-electron chi connectivity index (χ3n) is 2.73. The van der Waals surface area contributed by atoms with E-state index in [2.05, 4.69) is 9.71 Å². The van der Waals surface area contributed by atoms with Crippen LogP contribution in [-0.4, -0.2) is 13.4 Å². The molecule has 0 atom stereocenters. The number of nitrogens with two attached hydrogens (primary N) is 1. The summed E-state index contributed by atoms with van der Waals surface area (Å²) < 4.78 is 26.9. The summed E-state index contributed by atoms with van der Waals surface area (Å²) in [6.45, 7) is 2.29. The molecule has 102 valence electrons. The maximum absolute atomic E-state index is 12.2. The van der Waals surface area contributed by atoms with Gasteiger partial charge >= 0.3 is 0 Å². The molecule has 2 rings (SSSR count). The van der Waals surface area contributed by atoms with Crippen LogP contribution in [0.1, 0.15) is 16.1 Å². The Balaban J connectivity index is 2.17. The first-order chi connectivity index (χ1) is 9.04. The third-order valence-corrected chi connectivity index (χ3v) is 5.29. The Morgan fingerprint density at radius 1 is 1.42 bits per heavy atom. The first-order valence-electron chi connectivity index (χ1n) is 5.71. The topological polar surface area (TPSA) is 85.1 Å². The van der Waals surface area contributed by atoms with Gasteiger partial charge in [0.2, 0.25) is 10.0 Å². The highest BCUT2D eigenvalue weighted by Crippen LogP contribution is 2.21. The van der Waals surface area contributed by atoms with Crippen LogP contribution in [0.15, 0.2) is 34.7 Å². The molecular formula is C12H15N3O2S2. The highest BCUT2D eigenvalue weighted by molar-refractivity contribution is 7.89. The fourth-order valence-electron chi connectivity index (χ4n) is 1.66. The zero-order chi connectivity index (χ0) is 13.9. The van der Waals surface area contributed by atoms with E-state index in [-0.39, 0.29) is 18.0 Å². The van der Waals surface area contributed by atoms with Crippen LogP contribution < -0.4 is 10.5 Å². The van der Waals surface area contributed by atoms with E-state index in [9.17, 15) is 8.42 Å². The van der Waals surface area contributed by atoms with Crippen molar-refractivity contribution in [3.05, 3.63) is 45.9 Å². The molecule has 0 aliphatic carbocycles. The quantitative estimate of drug-likeness (QED) is 0.873. The molecule has 5 nitrogen and oxygen atoms in total. The minimum Gasteiger partial charge on any atom is -0.326 e. The van der Waals surface area contributed by atoms with Crippen molar-refractivity contribution in [2.24, 2.45) is 5.73 Å². The molecule has 7 heteroatoms. The van der Waals surface area contributed by atoms with Crippen molar-refractivity contribution in [1.29, 1.82) is 0 Å². The van der Waals surface area contributed by atoms with Gasteiger partial charge in [-0.3, -0.25) is 4.98 Å². The Morgan fingerprint density at radius 3 is 2.89 bits per heavy atom. The van der Waals surface area contributed by atoms with E-state index in [4.69, 9.17) is 5.73 Å². The largest absolute Gasteiger partial charge is 0.326 e. The average molecular weight is 297 g/mol. The van der Waals surface area contributed by atoms with Gasteiger partial charge < -0.3 is 5.73 Å². The third kappa shape index (κ3) is 3.19. The molecule has 0 radical (unpaired) electrons. The smallest absolute Gasteiger partial charge is 0.242 e. The molecule has 0 aliphatic heterocycles. The second-order valence-electron chi connectivity index (χ2n) is 4.00. The van der Waals surface area contributed by atoms with Gasteiger partial charge in [0, 0.05) is 17.6 Å². The minimum atomic E-state index is -3.53. The maximum atomic E-state index is 12.2. The van der Waals surface area contributed by atoms with E-state index in [1.165, 1.54) is 11.3 Å². The Labute approximate surface area is 116 Å². The van der Waals surface area contributed by atoms with E-state index < -0.39 is 10.0 Å². The van der Waals surface area contributed by atoms with E-state index in [1.54, 1.807) is 17.6 Å². The molecule has 0 bridgehead atoms. The summed E-state index contributed by atoms with van der Waals surface area (Å²) in [7, 11) is -3.53. The van der Waals surface area contributed by atoms with Gasteiger partial charge in [0.05, 0.1) is 17.1 Å². The lowest BCUT2D eigenvalue weighted by Gasteiger charge is -2.08. The number of pyridine rings is 1. The van der Waals surface area contributed by atoms with Gasteiger partial charge in [-0.15, -0.1) is 11.3 Å². The van der Waals surface area contributed by atoms with E-state index in [0.29, 0.717) is 4.88 Å². The monoisotopic (exact) mass is 297 g/mol. The summed E-state index contributed by atoms with van der Waals surface area (Å²) in [4.78, 5) is 5.07. The number of aromatic nitrogens is 1. The Bertz CT molecular complexity index is 665. The van der Waals surface area contributed by atoms with Crippen LogP contribution in [0.2, 0.25) is 0 Å². The van der Waals surface area contributed by atoms with Gasteiger partial charge in [-0.1, -0.05) is 6.07 Å². The first-order valence-corrected chi connectivity index (χ1v) is 8.07. The molecule has 0 spiro atoms. The number of thiophene rings is 1. The first kappa shape index (κ1) is 14.1. The lowest BCUT2D eigenvalue weighted by molar-refractivity contribution is 0.579. The normalized spacial score (nSPS) is 11.7. The van der Waals surface area contributed by atoms with E-state index in [0.717, 1.165) is 11.3 Å². The van der Waals surface area contributed by atoms with Crippen LogP contribution in [0.5, 0.6) is 0 Å². The van der Waals surface area contributed by atoms with Crippen LogP contribution in [0.4, 0.5) is 0 Å². The zero-order valence-corrected chi connectivity index (χ0v) is 12.1. The van der Waals surface area contributed by atoms with Gasteiger partial charge in [0.15, 0.2) is 0 Å². The summed E-state index contributed by atoms with van der Waals surface area (Å²) in [5.41, 5.74) is 7.20. The summed E-state index contributed by atoms with van der Waals surface area (Å²) in [5.74, 6) is 0. The van der Waals surface area contributed by atoms with Crippen molar-refractivity contribution in [2.75, 3.05) is 0 Å². The highest BCUT2D eigenvalue weighted by atomic mass is 32.2. The zero-order valence-electron chi connectivity index (χ0n) is 10.5. The molecule has 0 saturated carbocycles. The molecule has 0 fully saturated rings. The standard InChI is InChI=1S/C12H15N3O2S2/c1-9-3-2-5-14-10(9)8-15-19(16,17)12-4-6-18-11(12)7-13/h2-6,15H,7-8,13H2,1H3. The number of hydrogen-bond donors (Lipinski definition) is 2. The fraction of sp³-hybridized carbons (Fsp3) is 0.250. The average Bonchev–Trinajstić information content (AvgIpc) is 2.87. The Morgan fingerprint density at radius 2 is 2.21 bits per heavy atom. The van der Waals surface area contributed by atoms with Gasteiger partial charge in [-0.05, 0) is 30.0 Å². The Kier molecular flexibility index (Phi) is 4.31. The molecule has 19 heavy (non-hydrogen) atoms. The van der Waals surface area contributed by atoms with Crippen molar-refractivity contribution >= 4 is 21.4 Å². The lowest BCUT2D eigenvalue weighted by atomic mass is 10.2. The van der Waals surface area contributed by atoms with Gasteiger partial charge in [0.1, 0.15) is 0 Å². The second kappa shape index (κ2) is 5.79. The second-order valence-corrected chi connectivity index (χ2v) is 6.74. The van der Waals surface area contributed by atoms with Crippen molar-refractivity contribution < 1.29 is 8.42 Å². The maximum Gasteiger partial charge on any atom is 0.242 e. The van der Waals surface area contributed by atoms with Crippen molar-refractivity contribution in [3.63, 3.8) is 0 Å². The van der Waals surface area contributed by atoms with Crippen LogP contribution in [-0.2, 0) is 23.1 Å². The molecular weight excluding hydrogens is 282 g/mol. The minimum absolute atomic E-state index is 0.175. The predicted octanol–water partition coefficient (Wildman–Crippen LogP) is 1.39.